The van der Waals surface area contributed by atoms with Crippen LogP contribution in [0.2, 0.25) is 0 Å². The Morgan fingerprint density at radius 3 is 2.56 bits per heavy atom. The topological polar surface area (TPSA) is 92.4 Å². The van der Waals surface area contributed by atoms with Gasteiger partial charge in [-0.3, -0.25) is 0 Å². The predicted molar refractivity (Wildman–Crippen MR) is 104 cm³/mol. The summed E-state index contributed by atoms with van der Waals surface area (Å²) in [5, 5.41) is 8.90. The molecule has 0 aliphatic heterocycles. The molecule has 0 saturated heterocycles. The maximum atomic E-state index is 12.1. The molecule has 1 heterocycles. The van der Waals surface area contributed by atoms with Gasteiger partial charge in [-0.1, -0.05) is 31.4 Å². The van der Waals surface area contributed by atoms with E-state index in [0.29, 0.717) is 22.8 Å². The SMILES string of the molecule is COC(=O)c1ccccc1Nc1ccc(NC(=O)NC2CCCCC2)cn1. The lowest BCUT2D eigenvalue weighted by Crippen LogP contribution is -2.39. The number of rotatable bonds is 5. The normalized spacial score (nSPS) is 14.3. The van der Waals surface area contributed by atoms with E-state index >= 15 is 0 Å². The molecule has 0 unspecified atom stereocenters. The first kappa shape index (κ1) is 18.7. The molecule has 7 heteroatoms. The van der Waals surface area contributed by atoms with Crippen molar-refractivity contribution in [3.05, 3.63) is 48.2 Å². The monoisotopic (exact) mass is 368 g/mol. The van der Waals surface area contributed by atoms with Crippen molar-refractivity contribution in [1.29, 1.82) is 0 Å². The third-order valence-electron chi connectivity index (χ3n) is 4.56. The number of nitrogens with zero attached hydrogens (tertiary/aromatic N) is 1. The molecule has 0 spiro atoms. The van der Waals surface area contributed by atoms with Crippen LogP contribution < -0.4 is 16.0 Å². The van der Waals surface area contributed by atoms with Crippen LogP contribution in [0.25, 0.3) is 0 Å². The number of methoxy groups -OCH3 is 1. The van der Waals surface area contributed by atoms with Gasteiger partial charge < -0.3 is 20.7 Å². The number of amides is 2. The van der Waals surface area contributed by atoms with Crippen LogP contribution in [0, 0.1) is 0 Å². The van der Waals surface area contributed by atoms with Gasteiger partial charge in [0, 0.05) is 6.04 Å². The second-order valence-electron chi connectivity index (χ2n) is 6.53. The minimum Gasteiger partial charge on any atom is -0.465 e. The lowest BCUT2D eigenvalue weighted by atomic mass is 9.96. The minimum atomic E-state index is -0.421. The molecule has 3 N–H and O–H groups in total. The highest BCUT2D eigenvalue weighted by molar-refractivity contribution is 5.96. The van der Waals surface area contributed by atoms with Gasteiger partial charge in [-0.2, -0.15) is 0 Å². The van der Waals surface area contributed by atoms with E-state index in [4.69, 9.17) is 4.74 Å². The Hall–Kier alpha value is -3.09. The molecule has 2 amide bonds. The summed E-state index contributed by atoms with van der Waals surface area (Å²) in [6, 6.07) is 10.6. The number of ether oxygens (including phenoxy) is 1. The molecule has 0 atom stereocenters. The Balaban J connectivity index is 1.59. The van der Waals surface area contributed by atoms with E-state index in [1.54, 1.807) is 36.5 Å². The summed E-state index contributed by atoms with van der Waals surface area (Å²) in [6.07, 6.45) is 7.23. The molecule has 0 radical (unpaired) electrons. The summed E-state index contributed by atoms with van der Waals surface area (Å²) in [7, 11) is 1.34. The Kier molecular flexibility index (Phi) is 6.25. The van der Waals surface area contributed by atoms with Crippen LogP contribution in [-0.4, -0.2) is 30.1 Å². The maximum absolute atomic E-state index is 12.1. The molecule has 27 heavy (non-hydrogen) atoms. The molecule has 1 aliphatic carbocycles. The fraction of sp³-hybridized carbons (Fsp3) is 0.350. The lowest BCUT2D eigenvalue weighted by Gasteiger charge is -2.22. The van der Waals surface area contributed by atoms with Gasteiger partial charge in [-0.25, -0.2) is 14.6 Å². The zero-order chi connectivity index (χ0) is 19.1. The first-order chi connectivity index (χ1) is 13.2. The van der Waals surface area contributed by atoms with E-state index in [2.05, 4.69) is 20.9 Å². The summed E-state index contributed by atoms with van der Waals surface area (Å²) < 4.78 is 4.79. The number of carbonyl (C=O) groups excluding carboxylic acids is 2. The number of esters is 1. The smallest absolute Gasteiger partial charge is 0.339 e. The van der Waals surface area contributed by atoms with E-state index < -0.39 is 5.97 Å². The van der Waals surface area contributed by atoms with E-state index in [-0.39, 0.29) is 12.1 Å². The molecule has 1 fully saturated rings. The van der Waals surface area contributed by atoms with Crippen molar-refractivity contribution in [3.63, 3.8) is 0 Å². The number of hydrogen-bond donors (Lipinski definition) is 3. The molecule has 1 aromatic carbocycles. The zero-order valence-corrected chi connectivity index (χ0v) is 15.3. The second-order valence-corrected chi connectivity index (χ2v) is 6.53. The Bertz CT molecular complexity index is 786. The average molecular weight is 368 g/mol. The molecular weight excluding hydrogens is 344 g/mol. The van der Waals surface area contributed by atoms with E-state index in [1.807, 2.05) is 6.07 Å². The van der Waals surface area contributed by atoms with Crippen LogP contribution in [0.15, 0.2) is 42.6 Å². The molecular formula is C20H24N4O3. The second kappa shape index (κ2) is 9.02. The van der Waals surface area contributed by atoms with E-state index in [9.17, 15) is 9.59 Å². The van der Waals surface area contributed by atoms with Crippen molar-refractivity contribution in [2.24, 2.45) is 0 Å². The lowest BCUT2D eigenvalue weighted by molar-refractivity contribution is 0.0602. The van der Waals surface area contributed by atoms with Crippen LogP contribution in [0.5, 0.6) is 0 Å². The number of carbonyl (C=O) groups is 2. The van der Waals surface area contributed by atoms with Gasteiger partial charge in [0.2, 0.25) is 0 Å². The van der Waals surface area contributed by atoms with Gasteiger partial charge in [-0.15, -0.1) is 0 Å². The van der Waals surface area contributed by atoms with Crippen molar-refractivity contribution in [1.82, 2.24) is 10.3 Å². The van der Waals surface area contributed by atoms with Crippen LogP contribution in [0.4, 0.5) is 22.0 Å². The third-order valence-corrected chi connectivity index (χ3v) is 4.56. The van der Waals surface area contributed by atoms with Crippen molar-refractivity contribution in [2.45, 2.75) is 38.1 Å². The Morgan fingerprint density at radius 1 is 1.07 bits per heavy atom. The number of pyridine rings is 1. The molecule has 1 aliphatic rings. The van der Waals surface area contributed by atoms with Gasteiger partial charge >= 0.3 is 12.0 Å². The van der Waals surface area contributed by atoms with Gasteiger partial charge in [0.25, 0.3) is 0 Å². The summed E-state index contributed by atoms with van der Waals surface area (Å²) in [6.45, 7) is 0. The van der Waals surface area contributed by atoms with Gasteiger partial charge in [0.05, 0.1) is 30.2 Å². The highest BCUT2D eigenvalue weighted by atomic mass is 16.5. The predicted octanol–water partition coefficient (Wildman–Crippen LogP) is 4.07. The zero-order valence-electron chi connectivity index (χ0n) is 15.3. The average Bonchev–Trinajstić information content (AvgIpc) is 2.70. The van der Waals surface area contributed by atoms with Crippen molar-refractivity contribution < 1.29 is 14.3 Å². The molecule has 2 aromatic rings. The van der Waals surface area contributed by atoms with Gasteiger partial charge in [0.1, 0.15) is 5.82 Å². The number of urea groups is 1. The van der Waals surface area contributed by atoms with Crippen molar-refractivity contribution in [2.75, 3.05) is 17.7 Å². The number of aromatic nitrogens is 1. The highest BCUT2D eigenvalue weighted by Gasteiger charge is 2.16. The van der Waals surface area contributed by atoms with Crippen LogP contribution in [0.1, 0.15) is 42.5 Å². The van der Waals surface area contributed by atoms with Gasteiger partial charge in [-0.05, 0) is 37.1 Å². The number of anilines is 3. The number of para-hydroxylation sites is 1. The molecule has 1 aromatic heterocycles. The molecule has 1 saturated carbocycles. The Labute approximate surface area is 158 Å². The van der Waals surface area contributed by atoms with Crippen LogP contribution in [0.3, 0.4) is 0 Å². The third kappa shape index (κ3) is 5.20. The first-order valence-corrected chi connectivity index (χ1v) is 9.13. The fourth-order valence-corrected chi connectivity index (χ4v) is 3.16. The number of hydrogen-bond acceptors (Lipinski definition) is 5. The van der Waals surface area contributed by atoms with Crippen molar-refractivity contribution in [3.8, 4) is 0 Å². The summed E-state index contributed by atoms with van der Waals surface area (Å²) in [5.74, 6) is 0.139. The summed E-state index contributed by atoms with van der Waals surface area (Å²) in [4.78, 5) is 28.2. The van der Waals surface area contributed by atoms with Crippen LogP contribution >= 0.6 is 0 Å². The highest BCUT2D eigenvalue weighted by Crippen LogP contribution is 2.21. The quantitative estimate of drug-likeness (QED) is 0.692. The minimum absolute atomic E-state index is 0.208. The fourth-order valence-electron chi connectivity index (χ4n) is 3.16. The van der Waals surface area contributed by atoms with Crippen LogP contribution in [-0.2, 0) is 4.74 Å². The van der Waals surface area contributed by atoms with Crippen molar-refractivity contribution >= 4 is 29.2 Å². The molecule has 7 nitrogen and oxygen atoms in total. The molecule has 142 valence electrons. The number of benzene rings is 1. The van der Waals surface area contributed by atoms with E-state index in [0.717, 1.165) is 12.8 Å². The van der Waals surface area contributed by atoms with Gasteiger partial charge in [0.15, 0.2) is 0 Å². The largest absolute Gasteiger partial charge is 0.465 e. The first-order valence-electron chi connectivity index (χ1n) is 9.13. The Morgan fingerprint density at radius 2 is 1.85 bits per heavy atom. The van der Waals surface area contributed by atoms with E-state index in [1.165, 1.54) is 26.4 Å². The molecule has 0 bridgehead atoms. The number of nitrogens with one attached hydrogen (secondary N) is 3. The summed E-state index contributed by atoms with van der Waals surface area (Å²) in [5.41, 5.74) is 1.64. The maximum Gasteiger partial charge on any atom is 0.339 e. The standard InChI is InChI=1S/C20H24N4O3/c1-27-19(25)16-9-5-6-10-17(16)24-18-12-11-15(13-21-18)23-20(26)22-14-7-3-2-4-8-14/h5-6,9-14H,2-4,7-8H2,1H3,(H,21,24)(H2,22,23,26). The summed E-state index contributed by atoms with van der Waals surface area (Å²) >= 11 is 0. The molecule has 3 rings (SSSR count).